The second kappa shape index (κ2) is 7.61. The first-order valence-corrected chi connectivity index (χ1v) is 8.84. The van der Waals surface area contributed by atoms with Crippen LogP contribution in [0.4, 0.5) is 0 Å². The fraction of sp³-hybridized carbons (Fsp3) is 0.211. The Hall–Kier alpha value is -2.80. The average molecular weight is 370 g/mol. The number of aromatic nitrogens is 2. The molecule has 0 aliphatic rings. The van der Waals surface area contributed by atoms with E-state index < -0.39 is 5.25 Å². The maximum Gasteiger partial charge on any atom is 0.318 e. The molecule has 0 spiro atoms. The van der Waals surface area contributed by atoms with Crippen LogP contribution < -0.4 is 10.3 Å². The molecule has 0 N–H and O–H groups in total. The normalized spacial score (nSPS) is 12.0. The van der Waals surface area contributed by atoms with E-state index in [0.29, 0.717) is 27.5 Å². The summed E-state index contributed by atoms with van der Waals surface area (Å²) >= 11 is 1.18. The summed E-state index contributed by atoms with van der Waals surface area (Å²) in [7, 11) is 2.90. The quantitative estimate of drug-likeness (QED) is 0.391. The molecule has 134 valence electrons. The van der Waals surface area contributed by atoms with Crippen LogP contribution in [0.1, 0.15) is 6.92 Å². The maximum atomic E-state index is 13.1. The van der Waals surface area contributed by atoms with Gasteiger partial charge < -0.3 is 9.47 Å². The summed E-state index contributed by atoms with van der Waals surface area (Å²) in [4.78, 5) is 29.6. The lowest BCUT2D eigenvalue weighted by molar-refractivity contribution is -0.139. The number of para-hydroxylation sites is 1. The number of rotatable bonds is 5. The molecule has 0 fully saturated rings. The van der Waals surface area contributed by atoms with Gasteiger partial charge in [0, 0.05) is 6.07 Å². The largest absolute Gasteiger partial charge is 0.497 e. The summed E-state index contributed by atoms with van der Waals surface area (Å²) in [6, 6.07) is 14.3. The number of fused-ring (bicyclic) bond motifs is 1. The smallest absolute Gasteiger partial charge is 0.318 e. The minimum Gasteiger partial charge on any atom is -0.497 e. The van der Waals surface area contributed by atoms with Crippen LogP contribution in [0.15, 0.2) is 58.5 Å². The third-order valence-corrected chi connectivity index (χ3v) is 4.90. The predicted octanol–water partition coefficient (Wildman–Crippen LogP) is 3.05. The van der Waals surface area contributed by atoms with Gasteiger partial charge in [-0.25, -0.2) is 4.98 Å². The Labute approximate surface area is 154 Å². The molecule has 0 aliphatic heterocycles. The third-order valence-electron chi connectivity index (χ3n) is 3.87. The summed E-state index contributed by atoms with van der Waals surface area (Å²) in [6.45, 7) is 1.72. The molecule has 3 rings (SSSR count). The summed E-state index contributed by atoms with van der Waals surface area (Å²) < 4.78 is 11.5. The molecule has 0 bridgehead atoms. The number of carbonyl (C=O) groups excluding carboxylic acids is 1. The van der Waals surface area contributed by atoms with E-state index in [1.165, 1.54) is 23.4 Å². The first-order valence-electron chi connectivity index (χ1n) is 7.96. The molecule has 1 aromatic heterocycles. The molecule has 0 unspecified atom stereocenters. The Morgan fingerprint density at radius 1 is 1.15 bits per heavy atom. The van der Waals surface area contributed by atoms with Gasteiger partial charge in [-0.2, -0.15) is 0 Å². The summed E-state index contributed by atoms with van der Waals surface area (Å²) in [5.74, 6) is 0.245. The zero-order chi connectivity index (χ0) is 18.7. The number of carbonyl (C=O) groups is 1. The topological polar surface area (TPSA) is 70.4 Å². The van der Waals surface area contributed by atoms with Crippen LogP contribution in [0.3, 0.4) is 0 Å². The third kappa shape index (κ3) is 3.43. The second-order valence-corrected chi connectivity index (χ2v) is 6.84. The highest BCUT2D eigenvalue weighted by Crippen LogP contribution is 2.26. The lowest BCUT2D eigenvalue weighted by Gasteiger charge is -2.16. The first-order chi connectivity index (χ1) is 12.5. The Balaban J connectivity index is 2.23. The number of hydrogen-bond donors (Lipinski definition) is 0. The maximum absolute atomic E-state index is 13.1. The van der Waals surface area contributed by atoms with E-state index in [1.54, 1.807) is 56.5 Å². The van der Waals surface area contributed by atoms with Crippen molar-refractivity contribution < 1.29 is 14.3 Å². The number of methoxy groups -OCH3 is 2. The van der Waals surface area contributed by atoms with Gasteiger partial charge in [-0.15, -0.1) is 0 Å². The highest BCUT2D eigenvalue weighted by Gasteiger charge is 2.20. The van der Waals surface area contributed by atoms with E-state index in [-0.39, 0.29) is 11.5 Å². The number of benzene rings is 2. The van der Waals surface area contributed by atoms with Crippen molar-refractivity contribution in [3.05, 3.63) is 58.9 Å². The minimum atomic E-state index is -0.509. The van der Waals surface area contributed by atoms with Crippen molar-refractivity contribution in [2.75, 3.05) is 14.2 Å². The molecule has 0 aliphatic carbocycles. The summed E-state index contributed by atoms with van der Waals surface area (Å²) in [5.41, 5.74) is 0.992. The number of esters is 1. The van der Waals surface area contributed by atoms with Gasteiger partial charge in [0.1, 0.15) is 11.0 Å². The van der Waals surface area contributed by atoms with Gasteiger partial charge in [0.15, 0.2) is 5.16 Å². The van der Waals surface area contributed by atoms with E-state index in [9.17, 15) is 9.59 Å². The van der Waals surface area contributed by atoms with E-state index >= 15 is 0 Å². The van der Waals surface area contributed by atoms with Crippen molar-refractivity contribution in [2.45, 2.75) is 17.3 Å². The molecule has 2 aromatic carbocycles. The van der Waals surface area contributed by atoms with E-state index in [4.69, 9.17) is 9.47 Å². The van der Waals surface area contributed by atoms with Crippen LogP contribution in [-0.4, -0.2) is 35.0 Å². The zero-order valence-corrected chi connectivity index (χ0v) is 15.4. The van der Waals surface area contributed by atoms with Gasteiger partial charge in [0.2, 0.25) is 0 Å². The highest BCUT2D eigenvalue weighted by molar-refractivity contribution is 8.00. The number of nitrogens with zero attached hydrogens (tertiary/aromatic N) is 2. The zero-order valence-electron chi connectivity index (χ0n) is 14.6. The number of thioether (sulfide) groups is 1. The number of hydrogen-bond acceptors (Lipinski definition) is 6. The van der Waals surface area contributed by atoms with Crippen molar-refractivity contribution in [1.82, 2.24) is 9.55 Å². The second-order valence-electron chi connectivity index (χ2n) is 5.54. The van der Waals surface area contributed by atoms with Gasteiger partial charge in [-0.05, 0) is 31.2 Å². The number of ether oxygens (including phenoxy) is 2. The van der Waals surface area contributed by atoms with Crippen LogP contribution >= 0.6 is 11.8 Å². The SMILES string of the molecule is COC(=O)[C@H](C)Sc1nc2ccccc2c(=O)n1-c1cccc(OC)c1. The van der Waals surface area contributed by atoms with Gasteiger partial charge >= 0.3 is 5.97 Å². The monoisotopic (exact) mass is 370 g/mol. The van der Waals surface area contributed by atoms with Crippen LogP contribution in [0, 0.1) is 0 Å². The molecule has 6 nitrogen and oxygen atoms in total. The Kier molecular flexibility index (Phi) is 5.27. The van der Waals surface area contributed by atoms with E-state index in [1.807, 2.05) is 6.07 Å². The van der Waals surface area contributed by atoms with Crippen LogP contribution in [-0.2, 0) is 9.53 Å². The summed E-state index contributed by atoms with van der Waals surface area (Å²) in [6.07, 6.45) is 0. The molecule has 3 aromatic rings. The van der Waals surface area contributed by atoms with E-state index in [0.717, 1.165) is 0 Å². The lowest BCUT2D eigenvalue weighted by Crippen LogP contribution is -2.24. The molecule has 1 heterocycles. The first kappa shape index (κ1) is 18.0. The molecule has 0 saturated heterocycles. The molecule has 7 heteroatoms. The Morgan fingerprint density at radius 2 is 1.92 bits per heavy atom. The van der Waals surface area contributed by atoms with Crippen LogP contribution in [0.25, 0.3) is 16.6 Å². The van der Waals surface area contributed by atoms with Crippen LogP contribution in [0.2, 0.25) is 0 Å². The highest BCUT2D eigenvalue weighted by atomic mass is 32.2. The fourth-order valence-electron chi connectivity index (χ4n) is 2.54. The van der Waals surface area contributed by atoms with E-state index in [2.05, 4.69) is 4.98 Å². The Bertz CT molecular complexity index is 1020. The molecular weight excluding hydrogens is 352 g/mol. The average Bonchev–Trinajstić information content (AvgIpc) is 2.67. The van der Waals surface area contributed by atoms with Crippen molar-refractivity contribution in [2.24, 2.45) is 0 Å². The fourth-order valence-corrected chi connectivity index (χ4v) is 3.49. The molecule has 0 radical (unpaired) electrons. The van der Waals surface area contributed by atoms with Crippen molar-refractivity contribution >= 4 is 28.6 Å². The van der Waals surface area contributed by atoms with Crippen molar-refractivity contribution in [3.63, 3.8) is 0 Å². The standard InChI is InChI=1S/C19H18N2O4S/c1-12(18(23)25-3)26-19-20-16-10-5-4-9-15(16)17(22)21(19)13-7-6-8-14(11-13)24-2/h4-12H,1-3H3/t12-/m0/s1. The Morgan fingerprint density at radius 3 is 2.65 bits per heavy atom. The van der Waals surface area contributed by atoms with Gasteiger partial charge in [0.05, 0.1) is 30.8 Å². The van der Waals surface area contributed by atoms with Crippen LogP contribution in [0.5, 0.6) is 5.75 Å². The molecule has 0 amide bonds. The minimum absolute atomic E-state index is 0.205. The van der Waals surface area contributed by atoms with Gasteiger partial charge in [-0.1, -0.05) is 30.0 Å². The summed E-state index contributed by atoms with van der Waals surface area (Å²) in [5, 5.41) is 0.412. The predicted molar refractivity (Wildman–Crippen MR) is 101 cm³/mol. The molecular formula is C19H18N2O4S. The molecule has 1 atom stereocenters. The van der Waals surface area contributed by atoms with Crippen molar-refractivity contribution in [1.29, 1.82) is 0 Å². The van der Waals surface area contributed by atoms with Crippen molar-refractivity contribution in [3.8, 4) is 11.4 Å². The molecule has 26 heavy (non-hydrogen) atoms. The lowest BCUT2D eigenvalue weighted by atomic mass is 10.2. The molecule has 0 saturated carbocycles. The van der Waals surface area contributed by atoms with Gasteiger partial charge in [0.25, 0.3) is 5.56 Å². The van der Waals surface area contributed by atoms with Gasteiger partial charge in [-0.3, -0.25) is 14.2 Å².